The number of unbranched alkanes of at least 4 members (excludes halogenated alkanes) is 4. The lowest BCUT2D eigenvalue weighted by molar-refractivity contribution is -0.387. The van der Waals surface area contributed by atoms with Crippen LogP contribution < -0.4 is 5.32 Å². The highest BCUT2D eigenvalue weighted by molar-refractivity contribution is 5.91. The molecule has 0 aliphatic heterocycles. The predicted octanol–water partition coefficient (Wildman–Crippen LogP) is 4.85. The number of benzene rings is 2. The summed E-state index contributed by atoms with van der Waals surface area (Å²) in [5, 5.41) is 23.7. The number of methoxy groups -OCH3 is 1. The van der Waals surface area contributed by atoms with Crippen molar-refractivity contribution in [3.05, 3.63) is 69.5 Å². The SMILES string of the molecule is CCCCCCC(C(=O)NC(Cc1ccc(F)c([N+](=O)[O-])c1)C(=O)OC)N(CCCC)C(=O)Cc1cccc(O)c1. The van der Waals surface area contributed by atoms with Crippen LogP contribution in [-0.2, 0) is 32.0 Å². The van der Waals surface area contributed by atoms with Gasteiger partial charge in [-0.1, -0.05) is 64.2 Å². The molecule has 2 aromatic rings. The molecule has 2 rings (SSSR count). The van der Waals surface area contributed by atoms with E-state index in [1.165, 1.54) is 23.1 Å². The van der Waals surface area contributed by atoms with Gasteiger partial charge < -0.3 is 20.1 Å². The molecular formula is C30H40FN3O7. The fraction of sp³-hybridized carbons (Fsp3) is 0.500. The molecule has 0 radical (unpaired) electrons. The van der Waals surface area contributed by atoms with Crippen molar-refractivity contribution in [1.29, 1.82) is 0 Å². The first-order chi connectivity index (χ1) is 19.6. The van der Waals surface area contributed by atoms with Crippen molar-refractivity contribution in [3.63, 3.8) is 0 Å². The Labute approximate surface area is 240 Å². The van der Waals surface area contributed by atoms with E-state index in [0.717, 1.165) is 44.9 Å². The maximum atomic E-state index is 13.9. The molecule has 0 bridgehead atoms. The highest BCUT2D eigenvalue weighted by Gasteiger charge is 2.33. The summed E-state index contributed by atoms with van der Waals surface area (Å²) < 4.78 is 18.7. The van der Waals surface area contributed by atoms with E-state index in [-0.39, 0.29) is 30.1 Å². The van der Waals surface area contributed by atoms with Crippen LogP contribution in [-0.4, -0.2) is 58.5 Å². The van der Waals surface area contributed by atoms with Crippen LogP contribution in [0.4, 0.5) is 10.1 Å². The van der Waals surface area contributed by atoms with Crippen LogP contribution in [0.3, 0.4) is 0 Å². The number of esters is 1. The summed E-state index contributed by atoms with van der Waals surface area (Å²) in [6.07, 6.45) is 5.12. The number of nitro groups is 1. The molecule has 0 spiro atoms. The first kappa shape index (κ1) is 33.2. The van der Waals surface area contributed by atoms with Crippen LogP contribution in [0.1, 0.15) is 69.9 Å². The number of hydrogen-bond acceptors (Lipinski definition) is 7. The van der Waals surface area contributed by atoms with Gasteiger partial charge in [-0.2, -0.15) is 4.39 Å². The van der Waals surface area contributed by atoms with Crippen molar-refractivity contribution in [2.45, 2.75) is 83.7 Å². The fourth-order valence-electron chi connectivity index (χ4n) is 4.58. The molecule has 0 aliphatic rings. The summed E-state index contributed by atoms with van der Waals surface area (Å²) in [6, 6.07) is 7.54. The van der Waals surface area contributed by atoms with Crippen LogP contribution in [0.5, 0.6) is 5.75 Å². The van der Waals surface area contributed by atoms with Gasteiger partial charge in [0.15, 0.2) is 0 Å². The van der Waals surface area contributed by atoms with Gasteiger partial charge in [0.2, 0.25) is 17.6 Å². The molecule has 0 heterocycles. The molecule has 2 N–H and O–H groups in total. The number of nitrogens with zero attached hydrogens (tertiary/aromatic N) is 2. The first-order valence-electron chi connectivity index (χ1n) is 14.0. The Kier molecular flexibility index (Phi) is 13.7. The minimum Gasteiger partial charge on any atom is -0.508 e. The van der Waals surface area contributed by atoms with Crippen LogP contribution in [0.25, 0.3) is 0 Å². The van der Waals surface area contributed by atoms with Crippen LogP contribution >= 0.6 is 0 Å². The second-order valence-corrected chi connectivity index (χ2v) is 9.98. The van der Waals surface area contributed by atoms with E-state index in [0.29, 0.717) is 31.4 Å². The van der Waals surface area contributed by atoms with E-state index in [1.807, 2.05) is 6.92 Å². The van der Waals surface area contributed by atoms with E-state index >= 15 is 0 Å². The zero-order chi connectivity index (χ0) is 30.4. The number of nitro benzene ring substituents is 1. The van der Waals surface area contributed by atoms with Gasteiger partial charge >= 0.3 is 11.7 Å². The average Bonchev–Trinajstić information content (AvgIpc) is 2.94. The Morgan fingerprint density at radius 1 is 1.05 bits per heavy atom. The van der Waals surface area contributed by atoms with Gasteiger partial charge in [0, 0.05) is 19.0 Å². The number of halogens is 1. The maximum absolute atomic E-state index is 13.9. The van der Waals surface area contributed by atoms with Crippen molar-refractivity contribution in [2.24, 2.45) is 0 Å². The second-order valence-electron chi connectivity index (χ2n) is 9.98. The van der Waals surface area contributed by atoms with Crippen molar-refractivity contribution in [1.82, 2.24) is 10.2 Å². The van der Waals surface area contributed by atoms with Gasteiger partial charge in [-0.15, -0.1) is 0 Å². The van der Waals surface area contributed by atoms with Gasteiger partial charge in [-0.3, -0.25) is 19.7 Å². The summed E-state index contributed by atoms with van der Waals surface area (Å²) in [6.45, 7) is 4.37. The molecule has 0 fully saturated rings. The highest BCUT2D eigenvalue weighted by atomic mass is 19.1. The molecule has 41 heavy (non-hydrogen) atoms. The Morgan fingerprint density at radius 3 is 2.41 bits per heavy atom. The number of aromatic hydroxyl groups is 1. The molecule has 2 amide bonds. The Bertz CT molecular complexity index is 1190. The molecule has 2 unspecified atom stereocenters. The van der Waals surface area contributed by atoms with Gasteiger partial charge in [-0.25, -0.2) is 4.79 Å². The molecule has 2 atom stereocenters. The molecule has 0 aromatic heterocycles. The molecule has 10 nitrogen and oxygen atoms in total. The van der Waals surface area contributed by atoms with Crippen molar-refractivity contribution < 1.29 is 33.5 Å². The van der Waals surface area contributed by atoms with E-state index in [1.54, 1.807) is 12.1 Å². The monoisotopic (exact) mass is 573 g/mol. The Hall–Kier alpha value is -4.02. The first-order valence-corrected chi connectivity index (χ1v) is 14.0. The van der Waals surface area contributed by atoms with Crippen LogP contribution in [0, 0.1) is 15.9 Å². The number of amides is 2. The van der Waals surface area contributed by atoms with E-state index in [2.05, 4.69) is 12.2 Å². The Morgan fingerprint density at radius 2 is 1.78 bits per heavy atom. The number of nitrogens with one attached hydrogen (secondary N) is 1. The number of carbonyl (C=O) groups is 3. The molecule has 11 heteroatoms. The number of carbonyl (C=O) groups excluding carboxylic acids is 3. The van der Waals surface area contributed by atoms with Crippen molar-refractivity contribution in [2.75, 3.05) is 13.7 Å². The summed E-state index contributed by atoms with van der Waals surface area (Å²) in [5.74, 6) is -2.59. The lowest BCUT2D eigenvalue weighted by atomic mass is 10.0. The normalized spacial score (nSPS) is 12.3. The molecule has 224 valence electrons. The minimum absolute atomic E-state index is 0.0173. The van der Waals surface area contributed by atoms with E-state index in [9.17, 15) is 34.0 Å². The minimum atomic E-state index is -1.22. The highest BCUT2D eigenvalue weighted by Crippen LogP contribution is 2.21. The van der Waals surface area contributed by atoms with Crippen molar-refractivity contribution in [3.8, 4) is 5.75 Å². The van der Waals surface area contributed by atoms with Crippen LogP contribution in [0.2, 0.25) is 0 Å². The molecule has 0 saturated heterocycles. The number of hydrogen-bond donors (Lipinski definition) is 2. The largest absolute Gasteiger partial charge is 0.508 e. The summed E-state index contributed by atoms with van der Waals surface area (Å²) >= 11 is 0. The zero-order valence-electron chi connectivity index (χ0n) is 23.9. The van der Waals surface area contributed by atoms with E-state index < -0.39 is 40.4 Å². The molecular weight excluding hydrogens is 533 g/mol. The number of ether oxygens (including phenoxy) is 1. The number of rotatable bonds is 17. The standard InChI is InChI=1S/C30H40FN3O7/c1-4-6-8-9-13-26(33(16-7-5-2)28(36)20-21-11-10-12-23(35)17-21)29(37)32-25(30(38)41-3)18-22-14-15-24(31)27(19-22)34(39)40/h10-12,14-15,17,19,25-26,35H,4-9,13,16,18,20H2,1-3H3,(H,32,37). The molecule has 0 saturated carbocycles. The molecule has 2 aromatic carbocycles. The third-order valence-electron chi connectivity index (χ3n) is 6.80. The quantitative estimate of drug-likeness (QED) is 0.119. The third kappa shape index (κ3) is 10.5. The lowest BCUT2D eigenvalue weighted by Crippen LogP contribution is -2.54. The zero-order valence-corrected chi connectivity index (χ0v) is 23.9. The summed E-state index contributed by atoms with van der Waals surface area (Å²) in [5.41, 5.74) is 0.123. The second kappa shape index (κ2) is 16.9. The van der Waals surface area contributed by atoms with Gasteiger partial charge in [0.1, 0.15) is 17.8 Å². The van der Waals surface area contributed by atoms with Crippen LogP contribution in [0.15, 0.2) is 42.5 Å². The molecule has 0 aliphatic carbocycles. The predicted molar refractivity (Wildman–Crippen MR) is 152 cm³/mol. The van der Waals surface area contributed by atoms with Crippen molar-refractivity contribution >= 4 is 23.5 Å². The number of phenolic OH excluding ortho intramolecular Hbond substituents is 1. The Balaban J connectivity index is 2.36. The smallest absolute Gasteiger partial charge is 0.328 e. The number of phenols is 1. The average molecular weight is 574 g/mol. The van der Waals surface area contributed by atoms with Gasteiger partial charge in [0.25, 0.3) is 0 Å². The fourth-order valence-corrected chi connectivity index (χ4v) is 4.58. The topological polar surface area (TPSA) is 139 Å². The van der Waals surface area contributed by atoms with Gasteiger partial charge in [-0.05, 0) is 42.2 Å². The summed E-state index contributed by atoms with van der Waals surface area (Å²) in [7, 11) is 1.16. The maximum Gasteiger partial charge on any atom is 0.328 e. The third-order valence-corrected chi connectivity index (χ3v) is 6.80. The lowest BCUT2D eigenvalue weighted by Gasteiger charge is -2.32. The summed E-state index contributed by atoms with van der Waals surface area (Å²) in [4.78, 5) is 51.8. The van der Waals surface area contributed by atoms with Gasteiger partial charge in [0.05, 0.1) is 18.5 Å². The van der Waals surface area contributed by atoms with E-state index in [4.69, 9.17) is 4.74 Å².